The number of rotatable bonds is 3. The highest BCUT2D eigenvalue weighted by Gasteiger charge is 2.39. The number of fused-ring (bicyclic) bond motifs is 1. The van der Waals surface area contributed by atoms with E-state index in [4.69, 9.17) is 9.76 Å². The maximum absolute atomic E-state index is 13.5. The molecule has 0 aromatic heterocycles. The lowest BCUT2D eigenvalue weighted by atomic mass is 9.72. The third-order valence-electron chi connectivity index (χ3n) is 3.15. The Hall–Kier alpha value is -2.16. The third-order valence-corrected chi connectivity index (χ3v) is 3.15. The molecule has 0 saturated heterocycles. The minimum absolute atomic E-state index is 0.0676. The largest absolute Gasteiger partial charge is 0.547 e. The van der Waals surface area contributed by atoms with Crippen LogP contribution >= 0.6 is 0 Å². The molecular weight excluding hydrogens is 287 g/mol. The van der Waals surface area contributed by atoms with Crippen LogP contribution in [0, 0.1) is 11.6 Å². The van der Waals surface area contributed by atoms with Gasteiger partial charge in [0, 0.05) is 6.42 Å². The Labute approximate surface area is 118 Å². The van der Waals surface area contributed by atoms with Crippen molar-refractivity contribution in [2.24, 2.45) is 0 Å². The molecule has 3 N–H and O–H groups in total. The molecule has 1 aliphatic heterocycles. The van der Waals surface area contributed by atoms with Gasteiger partial charge in [-0.3, -0.25) is 4.79 Å². The summed E-state index contributed by atoms with van der Waals surface area (Å²) in [6, 6.07) is 0.800. The van der Waals surface area contributed by atoms with Crippen molar-refractivity contribution in [3.63, 3.8) is 0 Å². The molecule has 1 amide bonds. The van der Waals surface area contributed by atoms with Crippen molar-refractivity contribution in [3.05, 3.63) is 28.8 Å². The van der Waals surface area contributed by atoms with Gasteiger partial charge >= 0.3 is 13.1 Å². The van der Waals surface area contributed by atoms with Crippen LogP contribution in [0.25, 0.3) is 0 Å². The molecule has 1 aromatic rings. The monoisotopic (exact) mass is 299 g/mol. The van der Waals surface area contributed by atoms with Gasteiger partial charge in [-0.2, -0.15) is 0 Å². The summed E-state index contributed by atoms with van der Waals surface area (Å²) in [6.07, 6.45) is 0.105. The maximum Gasteiger partial charge on any atom is 0.547 e. The first kappa shape index (κ1) is 15.2. The van der Waals surface area contributed by atoms with Crippen molar-refractivity contribution >= 4 is 19.0 Å². The molecule has 0 fully saturated rings. The number of hydrogen-bond acceptors (Lipinski definition) is 4. The van der Waals surface area contributed by atoms with Crippen LogP contribution < -0.4 is 9.97 Å². The van der Waals surface area contributed by atoms with E-state index in [-0.39, 0.29) is 24.3 Å². The van der Waals surface area contributed by atoms with Crippen molar-refractivity contribution in [1.82, 2.24) is 5.32 Å². The molecule has 112 valence electrons. The number of hydrogen-bond donors (Lipinski definition) is 3. The molecule has 0 radical (unpaired) electrons. The normalized spacial score (nSPS) is 17.0. The van der Waals surface area contributed by atoms with Crippen LogP contribution in [0.15, 0.2) is 6.07 Å². The van der Waals surface area contributed by atoms with E-state index in [1.54, 1.807) is 6.92 Å². The van der Waals surface area contributed by atoms with Crippen LogP contribution in [-0.4, -0.2) is 35.1 Å². The fraction of sp³-hybridized carbons (Fsp3) is 0.333. The van der Waals surface area contributed by atoms with Crippen LogP contribution in [0.1, 0.15) is 29.3 Å². The second kappa shape index (κ2) is 5.68. The highest BCUT2D eigenvalue weighted by molar-refractivity contribution is 6.47. The number of carboxylic acids is 1. The smallest absolute Gasteiger partial charge is 0.534 e. The van der Waals surface area contributed by atoms with Crippen molar-refractivity contribution in [1.29, 1.82) is 0 Å². The van der Waals surface area contributed by atoms with Crippen LogP contribution in [0.3, 0.4) is 0 Å². The molecule has 1 aliphatic rings. The predicted molar refractivity (Wildman–Crippen MR) is 67.8 cm³/mol. The van der Waals surface area contributed by atoms with E-state index in [1.807, 2.05) is 0 Å². The average Bonchev–Trinajstić information content (AvgIpc) is 2.41. The van der Waals surface area contributed by atoms with Crippen molar-refractivity contribution < 1.29 is 33.2 Å². The van der Waals surface area contributed by atoms with Gasteiger partial charge in [0.1, 0.15) is 11.3 Å². The van der Waals surface area contributed by atoms with Gasteiger partial charge in [0.25, 0.3) is 0 Å². The number of carbonyl (C=O) groups is 2. The number of benzene rings is 1. The van der Waals surface area contributed by atoms with Crippen molar-refractivity contribution in [3.8, 4) is 5.75 Å². The summed E-state index contributed by atoms with van der Waals surface area (Å²) < 4.78 is 32.0. The van der Waals surface area contributed by atoms with Gasteiger partial charge in [-0.15, -0.1) is 0 Å². The third kappa shape index (κ3) is 2.82. The second-order valence-electron chi connectivity index (χ2n) is 4.58. The maximum atomic E-state index is 13.5. The molecule has 2 rings (SSSR count). The lowest BCUT2D eigenvalue weighted by Gasteiger charge is -2.29. The van der Waals surface area contributed by atoms with Crippen molar-refractivity contribution in [2.75, 3.05) is 0 Å². The molecule has 21 heavy (non-hydrogen) atoms. The molecule has 0 saturated carbocycles. The fourth-order valence-electron chi connectivity index (χ4n) is 2.11. The molecule has 1 unspecified atom stereocenters. The summed E-state index contributed by atoms with van der Waals surface area (Å²) in [5.74, 6) is -6.22. The topological polar surface area (TPSA) is 95.9 Å². The number of carbonyl (C=O) groups excluding carboxylic acids is 1. The van der Waals surface area contributed by atoms with Gasteiger partial charge in [0.15, 0.2) is 11.6 Å². The van der Waals surface area contributed by atoms with E-state index < -0.39 is 42.0 Å². The Balaban J connectivity index is 2.42. The number of amides is 1. The quantitative estimate of drug-likeness (QED) is 0.707. The Morgan fingerprint density at radius 1 is 1.52 bits per heavy atom. The van der Waals surface area contributed by atoms with Gasteiger partial charge in [-0.1, -0.05) is 6.92 Å². The fourth-order valence-corrected chi connectivity index (χ4v) is 2.11. The van der Waals surface area contributed by atoms with E-state index in [0.717, 1.165) is 6.07 Å². The summed E-state index contributed by atoms with van der Waals surface area (Å²) in [7, 11) is -1.55. The zero-order valence-electron chi connectivity index (χ0n) is 11.0. The highest BCUT2D eigenvalue weighted by Crippen LogP contribution is 2.33. The summed E-state index contributed by atoms with van der Waals surface area (Å²) >= 11 is 0. The molecule has 1 heterocycles. The molecule has 9 heteroatoms. The average molecular weight is 299 g/mol. The first-order valence-corrected chi connectivity index (χ1v) is 6.23. The van der Waals surface area contributed by atoms with Crippen LogP contribution in [-0.2, 0) is 11.2 Å². The van der Waals surface area contributed by atoms with E-state index in [9.17, 15) is 23.4 Å². The minimum atomic E-state index is -1.70. The zero-order chi connectivity index (χ0) is 15.7. The molecule has 1 aromatic carbocycles. The van der Waals surface area contributed by atoms with Gasteiger partial charge in [0.05, 0.1) is 5.94 Å². The Bertz CT molecular complexity index is 610. The van der Waals surface area contributed by atoms with Gasteiger partial charge in [0.2, 0.25) is 5.91 Å². The Morgan fingerprint density at radius 2 is 2.19 bits per heavy atom. The van der Waals surface area contributed by atoms with Gasteiger partial charge < -0.3 is 20.1 Å². The summed E-state index contributed by atoms with van der Waals surface area (Å²) in [4.78, 5) is 22.3. The van der Waals surface area contributed by atoms with Crippen LogP contribution in [0.5, 0.6) is 5.75 Å². The van der Waals surface area contributed by atoms with Crippen molar-refractivity contribution in [2.45, 2.75) is 25.7 Å². The molecule has 1 atom stereocenters. The van der Waals surface area contributed by atoms with E-state index in [1.165, 1.54) is 0 Å². The number of nitrogens with one attached hydrogen (secondary N) is 1. The lowest BCUT2D eigenvalue weighted by molar-refractivity contribution is -0.121. The first-order chi connectivity index (χ1) is 9.85. The Morgan fingerprint density at radius 3 is 2.76 bits per heavy atom. The molecular formula is C12H12BF2NO5. The first-order valence-electron chi connectivity index (χ1n) is 6.23. The summed E-state index contributed by atoms with van der Waals surface area (Å²) in [5, 5.41) is 21.2. The number of halogens is 2. The van der Waals surface area contributed by atoms with Crippen LogP contribution in [0.4, 0.5) is 8.78 Å². The summed E-state index contributed by atoms with van der Waals surface area (Å²) in [6.45, 7) is 1.61. The lowest BCUT2D eigenvalue weighted by Crippen LogP contribution is -2.53. The Kier molecular flexibility index (Phi) is 4.12. The van der Waals surface area contributed by atoms with Crippen LogP contribution in [0.2, 0.25) is 0 Å². The van der Waals surface area contributed by atoms with E-state index in [0.29, 0.717) is 0 Å². The second-order valence-corrected chi connectivity index (χ2v) is 4.58. The SMILES string of the molecule is CCC(=O)NC1Cc2cc(F)c(F)c(C(=O)O)c2OB1O. The highest BCUT2D eigenvalue weighted by atomic mass is 19.2. The molecule has 0 aliphatic carbocycles. The molecule has 0 spiro atoms. The number of carboxylic acid groups (broad SMARTS) is 1. The van der Waals surface area contributed by atoms with Gasteiger partial charge in [-0.25, -0.2) is 13.6 Å². The predicted octanol–water partition coefficient (Wildman–Crippen LogP) is 0.512. The number of aromatic carboxylic acids is 1. The molecule has 0 bridgehead atoms. The minimum Gasteiger partial charge on any atom is -0.534 e. The van der Waals surface area contributed by atoms with E-state index in [2.05, 4.69) is 5.32 Å². The zero-order valence-corrected chi connectivity index (χ0v) is 11.0. The summed E-state index contributed by atoms with van der Waals surface area (Å²) in [5.41, 5.74) is -0.901. The standard InChI is InChI=1S/C12H12BF2NO5/c1-2-8(17)16-7-4-5-3-6(14)10(15)9(12(18)19)11(5)21-13(7)20/h3,7,20H,2,4H2,1H3,(H,16,17)(H,18,19). The van der Waals surface area contributed by atoms with E-state index >= 15 is 0 Å². The van der Waals surface area contributed by atoms with Gasteiger partial charge in [-0.05, 0) is 18.1 Å². The molecule has 6 nitrogen and oxygen atoms in total.